The third-order valence-electron chi connectivity index (χ3n) is 5.02. The van der Waals surface area contributed by atoms with Crippen LogP contribution >= 0.6 is 0 Å². The molecule has 1 aromatic heterocycles. The van der Waals surface area contributed by atoms with Gasteiger partial charge in [-0.15, -0.1) is 0 Å². The maximum atomic E-state index is 12.5. The zero-order valence-electron chi connectivity index (χ0n) is 17.7. The number of hydrogen-bond donors (Lipinski definition) is 3. The molecule has 3 N–H and O–H groups in total. The number of aliphatic imine (C=N–C) groups is 1. The average molecular weight is 410 g/mol. The molecule has 0 spiro atoms. The SMILES string of the molecule is CC=N/C=C(/c1ncc(C(=O)NC)c2c1Oc1cc(O)cc(OC)c1N2)C(C)CC. The first kappa shape index (κ1) is 21.2. The van der Waals surface area contributed by atoms with E-state index >= 15 is 0 Å². The van der Waals surface area contributed by atoms with Crippen LogP contribution in [0.5, 0.6) is 23.0 Å². The maximum Gasteiger partial charge on any atom is 0.254 e. The second kappa shape index (κ2) is 8.86. The Hall–Kier alpha value is -3.55. The monoisotopic (exact) mass is 410 g/mol. The van der Waals surface area contributed by atoms with E-state index in [0.717, 1.165) is 12.0 Å². The van der Waals surface area contributed by atoms with Crippen molar-refractivity contribution in [3.63, 3.8) is 0 Å². The highest BCUT2D eigenvalue weighted by molar-refractivity contribution is 6.03. The third-order valence-corrected chi connectivity index (χ3v) is 5.02. The number of amides is 1. The van der Waals surface area contributed by atoms with E-state index in [1.54, 1.807) is 19.5 Å². The summed E-state index contributed by atoms with van der Waals surface area (Å²) < 4.78 is 11.6. The number of allylic oxidation sites excluding steroid dienone is 1. The van der Waals surface area contributed by atoms with E-state index in [9.17, 15) is 9.90 Å². The van der Waals surface area contributed by atoms with E-state index in [-0.39, 0.29) is 17.6 Å². The highest BCUT2D eigenvalue weighted by Gasteiger charge is 2.30. The zero-order valence-corrected chi connectivity index (χ0v) is 17.7. The molecule has 2 aromatic rings. The van der Waals surface area contributed by atoms with Gasteiger partial charge in [0.2, 0.25) is 0 Å². The van der Waals surface area contributed by atoms with Crippen LogP contribution in [-0.2, 0) is 0 Å². The molecule has 0 saturated carbocycles. The number of carbonyl (C=O) groups excluding carboxylic acids is 1. The molecular weight excluding hydrogens is 384 g/mol. The first-order valence-electron chi connectivity index (χ1n) is 9.74. The van der Waals surface area contributed by atoms with Crippen LogP contribution in [0.25, 0.3) is 5.57 Å². The Morgan fingerprint density at radius 3 is 2.83 bits per heavy atom. The maximum absolute atomic E-state index is 12.5. The van der Waals surface area contributed by atoms with Gasteiger partial charge in [0.1, 0.15) is 22.9 Å². The number of carbonyl (C=O) groups is 1. The lowest BCUT2D eigenvalue weighted by Crippen LogP contribution is -2.21. The summed E-state index contributed by atoms with van der Waals surface area (Å²) in [5.41, 5.74) is 2.79. The Morgan fingerprint density at radius 2 is 2.20 bits per heavy atom. The normalized spacial score (nSPS) is 13.7. The molecule has 0 fully saturated rings. The quantitative estimate of drug-likeness (QED) is 0.409. The van der Waals surface area contributed by atoms with Gasteiger partial charge in [0.15, 0.2) is 11.5 Å². The van der Waals surface area contributed by atoms with Crippen LogP contribution in [0.2, 0.25) is 0 Å². The molecule has 0 bridgehead atoms. The molecule has 2 heterocycles. The summed E-state index contributed by atoms with van der Waals surface area (Å²) in [6, 6.07) is 2.96. The van der Waals surface area contributed by atoms with Crippen molar-refractivity contribution in [2.45, 2.75) is 27.2 Å². The molecule has 158 valence electrons. The van der Waals surface area contributed by atoms with Crippen LogP contribution in [0.3, 0.4) is 0 Å². The minimum absolute atomic E-state index is 0.00101. The number of pyridine rings is 1. The lowest BCUT2D eigenvalue weighted by molar-refractivity contribution is 0.0963. The molecule has 1 atom stereocenters. The predicted octanol–water partition coefficient (Wildman–Crippen LogP) is 4.48. The molecule has 8 heteroatoms. The number of phenols is 1. The second-order valence-corrected chi connectivity index (χ2v) is 6.85. The van der Waals surface area contributed by atoms with Gasteiger partial charge in [-0.3, -0.25) is 14.8 Å². The summed E-state index contributed by atoms with van der Waals surface area (Å²) in [6.45, 7) is 6.00. The van der Waals surface area contributed by atoms with Gasteiger partial charge in [-0.1, -0.05) is 13.8 Å². The van der Waals surface area contributed by atoms with Crippen molar-refractivity contribution in [2.24, 2.45) is 10.9 Å². The topological polar surface area (TPSA) is 105 Å². The van der Waals surface area contributed by atoms with Crippen LogP contribution in [0, 0.1) is 5.92 Å². The summed E-state index contributed by atoms with van der Waals surface area (Å²) in [6.07, 6.45) is 5.85. The fraction of sp³-hybridized carbons (Fsp3) is 0.318. The third kappa shape index (κ3) is 3.80. The van der Waals surface area contributed by atoms with Crippen molar-refractivity contribution < 1.29 is 19.4 Å². The molecule has 1 aromatic carbocycles. The van der Waals surface area contributed by atoms with Gasteiger partial charge < -0.3 is 25.2 Å². The van der Waals surface area contributed by atoms with Gasteiger partial charge in [0, 0.05) is 43.4 Å². The molecule has 1 aliphatic rings. The molecule has 1 amide bonds. The van der Waals surface area contributed by atoms with Crippen molar-refractivity contribution in [2.75, 3.05) is 19.5 Å². The first-order valence-corrected chi connectivity index (χ1v) is 9.74. The highest BCUT2D eigenvalue weighted by Crippen LogP contribution is 2.51. The first-order chi connectivity index (χ1) is 14.4. The van der Waals surface area contributed by atoms with Gasteiger partial charge in [0.05, 0.1) is 18.4 Å². The molecule has 1 unspecified atom stereocenters. The lowest BCUT2D eigenvalue weighted by Gasteiger charge is -2.27. The van der Waals surface area contributed by atoms with Gasteiger partial charge in [-0.25, -0.2) is 0 Å². The zero-order chi connectivity index (χ0) is 21.8. The fourth-order valence-electron chi connectivity index (χ4n) is 3.20. The number of ether oxygens (including phenoxy) is 2. The van der Waals surface area contributed by atoms with Crippen molar-refractivity contribution in [1.82, 2.24) is 10.3 Å². The molecule has 3 rings (SSSR count). The molecular formula is C22H26N4O4. The Morgan fingerprint density at radius 1 is 1.43 bits per heavy atom. The molecule has 0 saturated heterocycles. The number of fused-ring (bicyclic) bond motifs is 2. The lowest BCUT2D eigenvalue weighted by atomic mass is 9.94. The number of methoxy groups -OCH3 is 1. The van der Waals surface area contributed by atoms with E-state index in [0.29, 0.717) is 39.9 Å². The Labute approximate surface area is 175 Å². The standard InChI is InChI=1S/C22H26N4O4/c1-6-12(3)14(10-24-7-2)18-21-19(15(11-25-18)22(28)23-4)26-20-16(29-5)8-13(27)9-17(20)30-21/h7-12,26-27H,6H2,1-5H3,(H,23,28)/b14-10+,24-7?. The van der Waals surface area contributed by atoms with Gasteiger partial charge in [0.25, 0.3) is 5.91 Å². The average Bonchev–Trinajstić information content (AvgIpc) is 2.76. The van der Waals surface area contributed by atoms with Gasteiger partial charge in [-0.05, 0) is 19.3 Å². The number of nitrogens with one attached hydrogen (secondary N) is 2. The largest absolute Gasteiger partial charge is 0.508 e. The van der Waals surface area contributed by atoms with E-state index < -0.39 is 0 Å². The van der Waals surface area contributed by atoms with Crippen molar-refractivity contribution in [3.8, 4) is 23.0 Å². The summed E-state index contributed by atoms with van der Waals surface area (Å²) in [7, 11) is 3.05. The summed E-state index contributed by atoms with van der Waals surface area (Å²) in [5.74, 6) is 1.02. The Bertz CT molecular complexity index is 1030. The second-order valence-electron chi connectivity index (χ2n) is 6.85. The van der Waals surface area contributed by atoms with Crippen LogP contribution < -0.4 is 20.1 Å². The summed E-state index contributed by atoms with van der Waals surface area (Å²) in [4.78, 5) is 21.3. The van der Waals surface area contributed by atoms with Gasteiger partial charge in [-0.2, -0.15) is 0 Å². The number of aromatic nitrogens is 1. The fourth-order valence-corrected chi connectivity index (χ4v) is 3.20. The van der Waals surface area contributed by atoms with E-state index in [4.69, 9.17) is 9.47 Å². The van der Waals surface area contributed by atoms with Gasteiger partial charge >= 0.3 is 0 Å². The Balaban J connectivity index is 2.26. The number of hydrogen-bond acceptors (Lipinski definition) is 7. The van der Waals surface area contributed by atoms with Crippen LogP contribution in [-0.4, -0.2) is 36.4 Å². The Kier molecular flexibility index (Phi) is 6.25. The number of phenolic OH excluding ortho intramolecular Hbond substituents is 1. The van der Waals surface area contributed by atoms with E-state index in [1.807, 2.05) is 6.92 Å². The number of anilines is 2. The molecule has 30 heavy (non-hydrogen) atoms. The highest BCUT2D eigenvalue weighted by atomic mass is 16.5. The molecule has 8 nitrogen and oxygen atoms in total. The van der Waals surface area contributed by atoms with Crippen molar-refractivity contribution in [3.05, 3.63) is 35.8 Å². The molecule has 1 aliphatic heterocycles. The number of aromatic hydroxyl groups is 1. The number of benzene rings is 1. The van der Waals surface area contributed by atoms with Crippen molar-refractivity contribution in [1.29, 1.82) is 0 Å². The molecule has 0 aliphatic carbocycles. The molecule has 0 radical (unpaired) electrons. The van der Waals surface area contributed by atoms with Crippen LogP contribution in [0.15, 0.2) is 29.5 Å². The smallest absolute Gasteiger partial charge is 0.254 e. The van der Waals surface area contributed by atoms with Crippen LogP contribution in [0.4, 0.5) is 11.4 Å². The van der Waals surface area contributed by atoms with Crippen molar-refractivity contribution >= 4 is 29.1 Å². The van der Waals surface area contributed by atoms with E-state index in [1.165, 1.54) is 25.4 Å². The van der Waals surface area contributed by atoms with Crippen LogP contribution in [0.1, 0.15) is 43.2 Å². The summed E-state index contributed by atoms with van der Waals surface area (Å²) in [5, 5.41) is 15.9. The summed E-state index contributed by atoms with van der Waals surface area (Å²) >= 11 is 0. The predicted molar refractivity (Wildman–Crippen MR) is 117 cm³/mol. The number of nitrogens with zero attached hydrogens (tertiary/aromatic N) is 2. The minimum Gasteiger partial charge on any atom is -0.508 e. The van der Waals surface area contributed by atoms with E-state index in [2.05, 4.69) is 34.5 Å². The minimum atomic E-state index is -0.303. The number of rotatable bonds is 6.